The molecule has 0 unspecified atom stereocenters. The van der Waals surface area contributed by atoms with Crippen molar-refractivity contribution in [2.45, 2.75) is 6.92 Å². The van der Waals surface area contributed by atoms with Crippen molar-refractivity contribution in [3.8, 4) is 0 Å². The van der Waals surface area contributed by atoms with Crippen molar-refractivity contribution >= 4 is 22.7 Å². The third-order valence-corrected chi connectivity index (χ3v) is 1.57. The summed E-state index contributed by atoms with van der Waals surface area (Å²) in [4.78, 5) is 18.6. The predicted octanol–water partition coefficient (Wildman–Crippen LogP) is 2.08. The molecule has 0 bridgehead atoms. The van der Waals surface area contributed by atoms with Gasteiger partial charge in [-0.2, -0.15) is 4.99 Å². The standard InChI is InChI=1S/C9H8ClNO3/c1-7(12)13-14-11-9(10)8-5-3-2-4-6-8/h2-6H,1H3. The van der Waals surface area contributed by atoms with Crippen LogP contribution >= 0.6 is 11.6 Å². The maximum atomic E-state index is 10.3. The molecule has 74 valence electrons. The SMILES string of the molecule is CC(=O)OON=C(Cl)c1ccccc1. The molecule has 1 rings (SSSR count). The quantitative estimate of drug-likeness (QED) is 0.439. The molecule has 0 aromatic heterocycles. The summed E-state index contributed by atoms with van der Waals surface area (Å²) < 4.78 is 0. The van der Waals surface area contributed by atoms with E-state index in [1.54, 1.807) is 24.3 Å². The first-order valence-corrected chi connectivity index (χ1v) is 4.21. The van der Waals surface area contributed by atoms with E-state index in [1.807, 2.05) is 6.07 Å². The number of carbonyl (C=O) groups excluding carboxylic acids is 1. The van der Waals surface area contributed by atoms with Crippen molar-refractivity contribution in [1.82, 2.24) is 0 Å². The Labute approximate surface area is 86.0 Å². The molecular formula is C9H8ClNO3. The molecule has 5 heteroatoms. The molecule has 0 radical (unpaired) electrons. The van der Waals surface area contributed by atoms with Crippen LogP contribution in [0, 0.1) is 0 Å². The van der Waals surface area contributed by atoms with Crippen LogP contribution in [-0.4, -0.2) is 11.1 Å². The molecule has 0 aliphatic heterocycles. The molecule has 0 aliphatic rings. The van der Waals surface area contributed by atoms with Gasteiger partial charge in [0.1, 0.15) is 0 Å². The van der Waals surface area contributed by atoms with E-state index in [4.69, 9.17) is 11.6 Å². The summed E-state index contributed by atoms with van der Waals surface area (Å²) in [5.74, 6) is -0.591. The maximum absolute atomic E-state index is 10.3. The molecule has 0 amide bonds. The van der Waals surface area contributed by atoms with E-state index in [0.29, 0.717) is 5.56 Å². The van der Waals surface area contributed by atoms with E-state index in [2.05, 4.69) is 15.0 Å². The number of nitrogens with zero attached hydrogens (tertiary/aromatic N) is 1. The van der Waals surface area contributed by atoms with E-state index in [-0.39, 0.29) is 5.17 Å². The number of hydrogen-bond acceptors (Lipinski definition) is 4. The highest BCUT2D eigenvalue weighted by molar-refractivity contribution is 6.69. The third kappa shape index (κ3) is 3.45. The van der Waals surface area contributed by atoms with Gasteiger partial charge in [0.05, 0.1) is 0 Å². The average molecular weight is 214 g/mol. The Morgan fingerprint density at radius 2 is 2.00 bits per heavy atom. The number of carbonyl (C=O) groups is 1. The van der Waals surface area contributed by atoms with Gasteiger partial charge in [-0.15, -0.1) is 0 Å². The van der Waals surface area contributed by atoms with Crippen LogP contribution in [0.15, 0.2) is 35.5 Å². The van der Waals surface area contributed by atoms with Crippen LogP contribution in [0.25, 0.3) is 0 Å². The summed E-state index contributed by atoms with van der Waals surface area (Å²) in [5, 5.41) is 3.49. The number of oxime groups is 1. The Morgan fingerprint density at radius 1 is 1.36 bits per heavy atom. The molecular weight excluding hydrogens is 206 g/mol. The van der Waals surface area contributed by atoms with E-state index < -0.39 is 5.97 Å². The van der Waals surface area contributed by atoms with Crippen molar-refractivity contribution < 1.29 is 14.7 Å². The van der Waals surface area contributed by atoms with Crippen molar-refractivity contribution in [2.24, 2.45) is 5.16 Å². The van der Waals surface area contributed by atoms with Crippen LogP contribution in [0.4, 0.5) is 0 Å². The zero-order valence-corrected chi connectivity index (χ0v) is 8.19. The zero-order chi connectivity index (χ0) is 10.4. The highest BCUT2D eigenvalue weighted by Crippen LogP contribution is 2.04. The monoisotopic (exact) mass is 213 g/mol. The van der Waals surface area contributed by atoms with Crippen LogP contribution in [0.3, 0.4) is 0 Å². The average Bonchev–Trinajstić information content (AvgIpc) is 2.18. The van der Waals surface area contributed by atoms with Crippen LogP contribution < -0.4 is 0 Å². The maximum Gasteiger partial charge on any atom is 0.354 e. The molecule has 0 aliphatic carbocycles. The minimum atomic E-state index is -0.591. The van der Waals surface area contributed by atoms with Gasteiger partial charge in [-0.1, -0.05) is 41.9 Å². The molecule has 0 saturated carbocycles. The van der Waals surface area contributed by atoms with E-state index in [0.717, 1.165) is 0 Å². The molecule has 14 heavy (non-hydrogen) atoms. The lowest BCUT2D eigenvalue weighted by atomic mass is 10.2. The topological polar surface area (TPSA) is 47.9 Å². The summed E-state index contributed by atoms with van der Waals surface area (Å²) >= 11 is 5.72. The molecule has 0 saturated heterocycles. The van der Waals surface area contributed by atoms with Crippen LogP contribution in [0.2, 0.25) is 0 Å². The van der Waals surface area contributed by atoms with E-state index in [9.17, 15) is 4.79 Å². The zero-order valence-electron chi connectivity index (χ0n) is 7.44. The van der Waals surface area contributed by atoms with E-state index >= 15 is 0 Å². The summed E-state index contributed by atoms with van der Waals surface area (Å²) in [6, 6.07) is 8.96. The Kier molecular flexibility index (Phi) is 3.94. The first-order valence-electron chi connectivity index (χ1n) is 3.83. The fraction of sp³-hybridized carbons (Fsp3) is 0.111. The lowest BCUT2D eigenvalue weighted by Gasteiger charge is -1.96. The van der Waals surface area contributed by atoms with Crippen molar-refractivity contribution in [3.05, 3.63) is 35.9 Å². The van der Waals surface area contributed by atoms with Gasteiger partial charge in [0, 0.05) is 12.5 Å². The predicted molar refractivity (Wildman–Crippen MR) is 51.7 cm³/mol. The number of benzene rings is 1. The molecule has 1 aromatic carbocycles. The van der Waals surface area contributed by atoms with Gasteiger partial charge in [0.25, 0.3) is 0 Å². The molecule has 0 heterocycles. The lowest BCUT2D eigenvalue weighted by Crippen LogP contribution is -1.98. The van der Waals surface area contributed by atoms with Gasteiger partial charge in [-0.3, -0.25) is 0 Å². The molecule has 0 atom stereocenters. The highest BCUT2D eigenvalue weighted by Gasteiger charge is 1.99. The minimum Gasteiger partial charge on any atom is -0.248 e. The molecule has 0 spiro atoms. The largest absolute Gasteiger partial charge is 0.354 e. The second-order valence-electron chi connectivity index (χ2n) is 2.40. The molecule has 1 aromatic rings. The van der Waals surface area contributed by atoms with Gasteiger partial charge >= 0.3 is 5.97 Å². The van der Waals surface area contributed by atoms with E-state index in [1.165, 1.54) is 6.92 Å². The minimum absolute atomic E-state index is 0.117. The fourth-order valence-corrected chi connectivity index (χ4v) is 0.886. The normalized spacial score (nSPS) is 10.9. The second kappa shape index (κ2) is 5.24. The first kappa shape index (κ1) is 10.5. The van der Waals surface area contributed by atoms with Crippen LogP contribution in [0.5, 0.6) is 0 Å². The number of rotatable bonds is 3. The summed E-state index contributed by atoms with van der Waals surface area (Å²) in [6.45, 7) is 1.20. The summed E-state index contributed by atoms with van der Waals surface area (Å²) in [6.07, 6.45) is 0. The fourth-order valence-electron chi connectivity index (χ4n) is 0.732. The molecule has 4 nitrogen and oxygen atoms in total. The third-order valence-electron chi connectivity index (χ3n) is 1.28. The van der Waals surface area contributed by atoms with Gasteiger partial charge in [-0.25, -0.2) is 9.68 Å². The number of halogens is 1. The van der Waals surface area contributed by atoms with Crippen LogP contribution in [0.1, 0.15) is 12.5 Å². The van der Waals surface area contributed by atoms with Gasteiger partial charge < -0.3 is 0 Å². The van der Waals surface area contributed by atoms with Crippen molar-refractivity contribution in [3.63, 3.8) is 0 Å². The Morgan fingerprint density at radius 3 is 2.57 bits per heavy atom. The Balaban J connectivity index is 2.57. The molecule has 0 N–H and O–H groups in total. The van der Waals surface area contributed by atoms with Crippen molar-refractivity contribution in [1.29, 1.82) is 0 Å². The summed E-state index contributed by atoms with van der Waals surface area (Å²) in [5.41, 5.74) is 0.682. The van der Waals surface area contributed by atoms with Gasteiger partial charge in [0.15, 0.2) is 5.17 Å². The second-order valence-corrected chi connectivity index (χ2v) is 2.76. The van der Waals surface area contributed by atoms with Gasteiger partial charge in [-0.05, 0) is 5.16 Å². The highest BCUT2D eigenvalue weighted by atomic mass is 35.5. The first-order chi connectivity index (χ1) is 6.70. The Hall–Kier alpha value is -1.55. The summed E-state index contributed by atoms with van der Waals surface area (Å²) in [7, 11) is 0. The number of hydrogen-bond donors (Lipinski definition) is 0. The lowest BCUT2D eigenvalue weighted by molar-refractivity contribution is -0.270. The smallest absolute Gasteiger partial charge is 0.248 e. The Bertz CT molecular complexity index is 337. The van der Waals surface area contributed by atoms with Gasteiger partial charge in [0.2, 0.25) is 0 Å². The van der Waals surface area contributed by atoms with Crippen LogP contribution in [-0.2, 0) is 14.7 Å². The van der Waals surface area contributed by atoms with Crippen molar-refractivity contribution in [2.75, 3.05) is 0 Å². The molecule has 0 fully saturated rings.